The maximum absolute atomic E-state index is 10.9. The Balaban J connectivity index is 1.91. The molecule has 1 aromatic heterocycles. The van der Waals surface area contributed by atoms with Crippen molar-refractivity contribution in [3.05, 3.63) is 70.0 Å². The first-order chi connectivity index (χ1) is 14.6. The Morgan fingerprint density at radius 3 is 2.47 bits per heavy atom. The van der Waals surface area contributed by atoms with E-state index in [1.807, 2.05) is 35.2 Å². The summed E-state index contributed by atoms with van der Waals surface area (Å²) in [5.74, 6) is 0.494. The van der Waals surface area contributed by atoms with E-state index in [-0.39, 0.29) is 27.7 Å². The molecular weight excluding hydrogens is 425 g/mol. The number of benzene rings is 2. The number of hydrogen-bond donors (Lipinski definition) is 1. The predicted octanol–water partition coefficient (Wildman–Crippen LogP) is 4.36. The highest BCUT2D eigenvalue weighted by Gasteiger charge is 2.26. The minimum atomic E-state index is -0.294. The van der Waals surface area contributed by atoms with Crippen LogP contribution in [-0.4, -0.2) is 46.2 Å². The number of aliphatic hydroxyl groups is 1. The van der Waals surface area contributed by atoms with Crippen LogP contribution in [0.3, 0.4) is 0 Å². The molecule has 7 nitrogen and oxygen atoms in total. The first kappa shape index (κ1) is 20.2. The van der Waals surface area contributed by atoms with Gasteiger partial charge < -0.3 is 14.7 Å². The number of morpholine rings is 1. The summed E-state index contributed by atoms with van der Waals surface area (Å²) >= 11 is 12.2. The van der Waals surface area contributed by atoms with E-state index in [1.165, 1.54) is 6.07 Å². The van der Waals surface area contributed by atoms with Crippen LogP contribution in [0.5, 0.6) is 0 Å². The first-order valence-electron chi connectivity index (χ1n) is 9.23. The Morgan fingerprint density at radius 2 is 1.80 bits per heavy atom. The molecule has 4 rings (SSSR count). The van der Waals surface area contributed by atoms with Crippen molar-refractivity contribution in [2.45, 2.75) is 0 Å². The average Bonchev–Trinajstić information content (AvgIpc) is 3.20. The van der Waals surface area contributed by atoms with Crippen LogP contribution in [0, 0.1) is 11.3 Å². The monoisotopic (exact) mass is 441 g/mol. The zero-order chi connectivity index (χ0) is 21.1. The number of para-hydroxylation sites is 1. The molecule has 2 aromatic carbocycles. The molecule has 0 amide bonds. The van der Waals surface area contributed by atoms with E-state index < -0.39 is 0 Å². The lowest BCUT2D eigenvalue weighted by Crippen LogP contribution is -2.38. The second kappa shape index (κ2) is 8.76. The van der Waals surface area contributed by atoms with E-state index in [4.69, 9.17) is 27.9 Å². The zero-order valence-electron chi connectivity index (χ0n) is 15.8. The second-order valence-corrected chi connectivity index (χ2v) is 7.40. The molecule has 0 spiro atoms. The molecule has 1 saturated heterocycles. The van der Waals surface area contributed by atoms with E-state index >= 15 is 0 Å². The molecule has 0 atom stereocenters. The van der Waals surface area contributed by atoms with Crippen molar-refractivity contribution >= 4 is 40.5 Å². The number of hydrogen-bond acceptors (Lipinski definition) is 6. The van der Waals surface area contributed by atoms with Crippen molar-refractivity contribution in [1.82, 2.24) is 14.8 Å². The lowest BCUT2D eigenvalue weighted by Gasteiger charge is -2.28. The van der Waals surface area contributed by atoms with Crippen LogP contribution in [-0.2, 0) is 4.74 Å². The summed E-state index contributed by atoms with van der Waals surface area (Å²) in [4.78, 5) is 2.04. The molecule has 1 aliphatic rings. The highest BCUT2D eigenvalue weighted by Crippen LogP contribution is 2.32. The summed E-state index contributed by atoms with van der Waals surface area (Å²) in [5, 5.41) is 30.0. The Bertz CT molecular complexity index is 1130. The van der Waals surface area contributed by atoms with Gasteiger partial charge in [-0.2, -0.15) is 5.26 Å². The lowest BCUT2D eigenvalue weighted by atomic mass is 10.1. The third-order valence-corrected chi connectivity index (χ3v) is 5.26. The fourth-order valence-corrected chi connectivity index (χ4v) is 3.74. The normalized spacial score (nSPS) is 14.9. The fraction of sp³-hybridized carbons (Fsp3) is 0.190. The second-order valence-electron chi connectivity index (χ2n) is 6.55. The molecule has 1 N–H and O–H groups in total. The number of allylic oxidation sites excluding steroid dienone is 1. The van der Waals surface area contributed by atoms with E-state index in [9.17, 15) is 10.4 Å². The average molecular weight is 442 g/mol. The van der Waals surface area contributed by atoms with Crippen molar-refractivity contribution in [2.75, 3.05) is 31.2 Å². The number of aliphatic hydroxyl groups excluding tert-OH is 1. The number of nitrogens with zero attached hydrogens (tertiary/aromatic N) is 5. The van der Waals surface area contributed by atoms with E-state index in [0.717, 1.165) is 5.69 Å². The topological polar surface area (TPSA) is 87.2 Å². The molecule has 0 saturated carbocycles. The lowest BCUT2D eigenvalue weighted by molar-refractivity contribution is 0.122. The zero-order valence-corrected chi connectivity index (χ0v) is 17.3. The Hall–Kier alpha value is -3.05. The summed E-state index contributed by atoms with van der Waals surface area (Å²) in [6.07, 6.45) is 0. The van der Waals surface area contributed by atoms with Gasteiger partial charge >= 0.3 is 0 Å². The van der Waals surface area contributed by atoms with Crippen LogP contribution >= 0.6 is 23.2 Å². The van der Waals surface area contributed by atoms with Crippen LogP contribution in [0.15, 0.2) is 48.5 Å². The minimum absolute atomic E-state index is 0.0462. The first-order valence-corrected chi connectivity index (χ1v) is 9.98. The fourth-order valence-electron chi connectivity index (χ4n) is 3.25. The third-order valence-electron chi connectivity index (χ3n) is 4.71. The molecule has 3 aromatic rings. The number of nitriles is 1. The number of halogens is 2. The van der Waals surface area contributed by atoms with Crippen molar-refractivity contribution in [1.29, 1.82) is 5.26 Å². The Kier molecular flexibility index (Phi) is 5.91. The molecule has 2 heterocycles. The smallest absolute Gasteiger partial charge is 0.232 e. The quantitative estimate of drug-likeness (QED) is 0.477. The molecule has 0 radical (unpaired) electrons. The number of anilines is 1. The molecule has 30 heavy (non-hydrogen) atoms. The predicted molar refractivity (Wildman–Crippen MR) is 116 cm³/mol. The Labute approximate surface area is 183 Å². The number of aromatic nitrogens is 3. The maximum atomic E-state index is 10.9. The highest BCUT2D eigenvalue weighted by atomic mass is 35.5. The van der Waals surface area contributed by atoms with Gasteiger partial charge in [0.2, 0.25) is 5.95 Å². The molecule has 0 aliphatic carbocycles. The van der Waals surface area contributed by atoms with Gasteiger partial charge in [0.1, 0.15) is 17.4 Å². The van der Waals surface area contributed by atoms with Crippen molar-refractivity contribution < 1.29 is 9.84 Å². The van der Waals surface area contributed by atoms with Gasteiger partial charge in [0.25, 0.3) is 0 Å². The van der Waals surface area contributed by atoms with E-state index in [0.29, 0.717) is 37.3 Å². The molecule has 1 aliphatic heterocycles. The Morgan fingerprint density at radius 1 is 1.07 bits per heavy atom. The van der Waals surface area contributed by atoms with Crippen LogP contribution in [0.4, 0.5) is 5.95 Å². The van der Waals surface area contributed by atoms with Gasteiger partial charge in [-0.1, -0.05) is 41.4 Å². The summed E-state index contributed by atoms with van der Waals surface area (Å²) < 4.78 is 7.19. The summed E-state index contributed by atoms with van der Waals surface area (Å²) in [6, 6.07) is 16.1. The number of ether oxygens (including phenoxy) is 1. The van der Waals surface area contributed by atoms with E-state index in [1.54, 1.807) is 16.7 Å². The van der Waals surface area contributed by atoms with Crippen LogP contribution in [0.25, 0.3) is 17.0 Å². The van der Waals surface area contributed by atoms with Crippen LogP contribution in [0.2, 0.25) is 10.0 Å². The van der Waals surface area contributed by atoms with Gasteiger partial charge in [-0.15, -0.1) is 10.2 Å². The van der Waals surface area contributed by atoms with Gasteiger partial charge in [-0.05, 0) is 30.3 Å². The van der Waals surface area contributed by atoms with Crippen LogP contribution < -0.4 is 4.90 Å². The van der Waals surface area contributed by atoms with Gasteiger partial charge in [0.15, 0.2) is 5.82 Å². The molecule has 0 unspecified atom stereocenters. The largest absolute Gasteiger partial charge is 0.506 e. The van der Waals surface area contributed by atoms with Gasteiger partial charge in [-0.3, -0.25) is 4.57 Å². The van der Waals surface area contributed by atoms with Crippen LogP contribution in [0.1, 0.15) is 11.4 Å². The summed E-state index contributed by atoms with van der Waals surface area (Å²) in [5.41, 5.74) is 1.00. The van der Waals surface area contributed by atoms with E-state index in [2.05, 4.69) is 16.3 Å². The SMILES string of the molecule is N#CC(=C(O)c1ccc(Cl)cc1Cl)c1nnc(N2CCOCC2)n1-c1ccccc1. The van der Waals surface area contributed by atoms with Gasteiger partial charge in [0.05, 0.1) is 23.9 Å². The molecule has 0 bridgehead atoms. The molecular formula is C21H17Cl2N5O2. The maximum Gasteiger partial charge on any atom is 0.232 e. The van der Waals surface area contributed by atoms with Gasteiger partial charge in [-0.25, -0.2) is 0 Å². The summed E-state index contributed by atoms with van der Waals surface area (Å²) in [6.45, 7) is 2.43. The standard InChI is InChI=1S/C21H17Cl2N5O2/c22-14-6-7-16(18(23)12-14)19(29)17(13-24)20-25-26-21(27-8-10-30-11-9-27)28(20)15-4-2-1-3-5-15/h1-7,12,29H,8-11H2. The highest BCUT2D eigenvalue weighted by molar-refractivity contribution is 6.35. The van der Waals surface area contributed by atoms with Crippen molar-refractivity contribution in [3.8, 4) is 11.8 Å². The molecule has 9 heteroatoms. The van der Waals surface area contributed by atoms with Crippen molar-refractivity contribution in [2.24, 2.45) is 0 Å². The van der Waals surface area contributed by atoms with Crippen molar-refractivity contribution in [3.63, 3.8) is 0 Å². The summed E-state index contributed by atoms with van der Waals surface area (Å²) in [7, 11) is 0. The van der Waals surface area contributed by atoms with Gasteiger partial charge in [0, 0.05) is 23.7 Å². The minimum Gasteiger partial charge on any atom is -0.506 e. The number of rotatable bonds is 4. The molecule has 152 valence electrons. The molecule has 1 fully saturated rings. The third kappa shape index (κ3) is 3.85.